The molecule has 0 fully saturated rings. The van der Waals surface area contributed by atoms with E-state index in [1.165, 1.54) is 37.5 Å². The van der Waals surface area contributed by atoms with Crippen molar-refractivity contribution < 1.29 is 46.4 Å². The lowest BCUT2D eigenvalue weighted by Gasteiger charge is -2.33. The van der Waals surface area contributed by atoms with E-state index in [0.717, 1.165) is 54.2 Å². The first-order valence-electron chi connectivity index (χ1n) is 15.0. The van der Waals surface area contributed by atoms with Gasteiger partial charge in [0.05, 0.1) is 25.6 Å². The maximum Gasteiger partial charge on any atom is 0.432 e. The summed E-state index contributed by atoms with van der Waals surface area (Å²) in [6.45, 7) is 5.35. The summed E-state index contributed by atoms with van der Waals surface area (Å²) < 4.78 is 68.5. The summed E-state index contributed by atoms with van der Waals surface area (Å²) in [5.41, 5.74) is -0.949. The topological polar surface area (TPSA) is 106 Å². The van der Waals surface area contributed by atoms with E-state index < -0.39 is 35.4 Å². The van der Waals surface area contributed by atoms with Gasteiger partial charge in [0, 0.05) is 24.3 Å². The molecule has 9 nitrogen and oxygen atoms in total. The highest BCUT2D eigenvalue weighted by Gasteiger charge is 2.64. The largest absolute Gasteiger partial charge is 0.494 e. The molecule has 12 heteroatoms. The highest BCUT2D eigenvalue weighted by molar-refractivity contribution is 5.83. The van der Waals surface area contributed by atoms with Gasteiger partial charge in [0.1, 0.15) is 18.5 Å². The van der Waals surface area contributed by atoms with Gasteiger partial charge in [-0.1, -0.05) is 73.3 Å². The molecule has 0 spiro atoms. The van der Waals surface area contributed by atoms with E-state index in [-0.39, 0.29) is 12.4 Å². The van der Waals surface area contributed by atoms with Gasteiger partial charge < -0.3 is 23.7 Å². The average molecular weight is 665 g/mol. The molecule has 0 aliphatic rings. The highest BCUT2D eigenvalue weighted by Crippen LogP contribution is 2.43. The summed E-state index contributed by atoms with van der Waals surface area (Å²) in [6, 6.07) is 21.9. The van der Waals surface area contributed by atoms with Gasteiger partial charge in [-0.2, -0.15) is 13.2 Å². The fraction of sp³-hybridized carbons (Fsp3) is 0.278. The lowest BCUT2D eigenvalue weighted by atomic mass is 9.92. The van der Waals surface area contributed by atoms with Crippen LogP contribution in [0.2, 0.25) is 0 Å². The molecule has 0 radical (unpaired) electrons. The minimum Gasteiger partial charge on any atom is -0.494 e. The Labute approximate surface area is 276 Å². The van der Waals surface area contributed by atoms with Gasteiger partial charge in [0.15, 0.2) is 11.6 Å². The third-order valence-corrected chi connectivity index (χ3v) is 7.14. The molecule has 4 rings (SSSR count). The molecule has 2 atom stereocenters. The van der Waals surface area contributed by atoms with Gasteiger partial charge in [0.2, 0.25) is 0 Å². The molecule has 2 unspecified atom stereocenters. The number of halogens is 3. The zero-order valence-electron chi connectivity index (χ0n) is 26.4. The summed E-state index contributed by atoms with van der Waals surface area (Å²) in [4.78, 5) is 32.5. The Kier molecular flexibility index (Phi) is 12.3. The zero-order valence-corrected chi connectivity index (χ0v) is 26.4. The lowest BCUT2D eigenvalue weighted by molar-refractivity contribution is -0.278. The third kappa shape index (κ3) is 8.97. The number of hydrogen-bond donors (Lipinski definition) is 0. The molecule has 1 heterocycles. The third-order valence-electron chi connectivity index (χ3n) is 7.14. The van der Waals surface area contributed by atoms with Crippen LogP contribution in [0.15, 0.2) is 104 Å². The molecule has 3 aromatic carbocycles. The molecular weight excluding hydrogens is 629 g/mol. The van der Waals surface area contributed by atoms with E-state index in [4.69, 9.17) is 23.7 Å². The van der Waals surface area contributed by atoms with Gasteiger partial charge >= 0.3 is 18.1 Å². The predicted molar refractivity (Wildman–Crippen MR) is 171 cm³/mol. The summed E-state index contributed by atoms with van der Waals surface area (Å²) in [6.07, 6.45) is -0.696. The first-order valence-corrected chi connectivity index (χ1v) is 15.0. The van der Waals surface area contributed by atoms with Crippen molar-refractivity contribution in [3.05, 3.63) is 109 Å². The number of methoxy groups -OCH3 is 1. The van der Waals surface area contributed by atoms with Crippen LogP contribution in [0.4, 0.5) is 13.2 Å². The van der Waals surface area contributed by atoms with Crippen molar-refractivity contribution in [2.45, 2.75) is 37.6 Å². The van der Waals surface area contributed by atoms with E-state index in [1.807, 2.05) is 48.5 Å². The summed E-state index contributed by atoms with van der Waals surface area (Å²) in [5, 5.41) is 0. The summed E-state index contributed by atoms with van der Waals surface area (Å²) >= 11 is 0. The summed E-state index contributed by atoms with van der Waals surface area (Å²) in [5.74, 6) is -0.616. The van der Waals surface area contributed by atoms with Crippen molar-refractivity contribution in [2.75, 3.05) is 26.9 Å². The van der Waals surface area contributed by atoms with Gasteiger partial charge in [-0.15, -0.1) is 0 Å². The fourth-order valence-electron chi connectivity index (χ4n) is 4.62. The van der Waals surface area contributed by atoms with Crippen LogP contribution in [-0.4, -0.2) is 61.1 Å². The summed E-state index contributed by atoms with van der Waals surface area (Å²) in [7, 11) is 0.808. The van der Waals surface area contributed by atoms with Crippen LogP contribution in [0.5, 0.6) is 11.5 Å². The lowest BCUT2D eigenvalue weighted by Crippen LogP contribution is -2.52. The normalized spacial score (nSPS) is 13.1. The number of hydrogen-bond acceptors (Lipinski definition) is 9. The van der Waals surface area contributed by atoms with Gasteiger partial charge in [0.25, 0.3) is 5.60 Å². The molecule has 0 bridgehead atoms. The van der Waals surface area contributed by atoms with Crippen LogP contribution < -0.4 is 9.47 Å². The number of carbonyl (C=O) groups excluding carboxylic acids is 2. The Morgan fingerprint density at radius 3 is 1.98 bits per heavy atom. The average Bonchev–Trinajstić information content (AvgIpc) is 3.09. The van der Waals surface area contributed by atoms with Crippen molar-refractivity contribution in [3.63, 3.8) is 0 Å². The molecule has 252 valence electrons. The van der Waals surface area contributed by atoms with Crippen LogP contribution in [0.1, 0.15) is 25.3 Å². The molecular formula is C36H35F3N2O7. The number of rotatable bonds is 16. The number of esters is 2. The quantitative estimate of drug-likeness (QED) is 0.0704. The first kappa shape index (κ1) is 35.6. The molecule has 0 aliphatic carbocycles. The monoisotopic (exact) mass is 664 g/mol. The van der Waals surface area contributed by atoms with E-state index in [9.17, 15) is 22.8 Å². The van der Waals surface area contributed by atoms with E-state index in [2.05, 4.69) is 16.5 Å². The number of unbranched alkanes of at least 4 members (excludes halogenated alkanes) is 1. The Bertz CT molecular complexity index is 1630. The number of benzene rings is 3. The van der Waals surface area contributed by atoms with E-state index in [1.54, 1.807) is 0 Å². The minimum absolute atomic E-state index is 0.243. The fourth-order valence-corrected chi connectivity index (χ4v) is 4.62. The second-order valence-corrected chi connectivity index (χ2v) is 10.5. The molecule has 4 aromatic rings. The van der Waals surface area contributed by atoms with Crippen molar-refractivity contribution in [1.82, 2.24) is 9.97 Å². The molecule has 0 amide bonds. The first-order chi connectivity index (χ1) is 23.1. The number of aromatic nitrogens is 2. The van der Waals surface area contributed by atoms with Crippen molar-refractivity contribution >= 4 is 11.9 Å². The highest BCUT2D eigenvalue weighted by atomic mass is 19.4. The molecule has 0 N–H and O–H groups in total. The molecule has 0 aliphatic heterocycles. The number of ether oxygens (including phenoxy) is 5. The molecule has 1 aromatic heterocycles. The molecule has 0 saturated carbocycles. The van der Waals surface area contributed by atoms with Crippen LogP contribution >= 0.6 is 0 Å². The zero-order chi connectivity index (χ0) is 34.6. The Balaban J connectivity index is 1.27. The standard InChI is InChI=1S/C36H35F3N2O7/c1-4-32(42)46-21-9-8-20-45-30-18-16-27(17-19-30)26-12-14-28(15-13-26)33-40-22-31(23-41-33)47-24-25(2)48-34(43)35(44-3,36(37,38)39)29-10-6-5-7-11-29/h4-7,10-19,22-23,25H,1,8-9,20-21,24H2,2-3H3. The minimum atomic E-state index is -5.07. The van der Waals surface area contributed by atoms with Crippen LogP contribution in [0, 0.1) is 0 Å². The molecule has 0 saturated heterocycles. The Morgan fingerprint density at radius 2 is 1.40 bits per heavy atom. The number of carbonyl (C=O) groups is 2. The Morgan fingerprint density at radius 1 is 0.812 bits per heavy atom. The Hall–Kier alpha value is -5.23. The maximum atomic E-state index is 14.1. The van der Waals surface area contributed by atoms with Crippen LogP contribution in [-0.2, 0) is 29.4 Å². The van der Waals surface area contributed by atoms with Crippen molar-refractivity contribution in [2.24, 2.45) is 0 Å². The second-order valence-electron chi connectivity index (χ2n) is 10.5. The number of alkyl halides is 3. The van der Waals surface area contributed by atoms with Gasteiger partial charge in [-0.05, 0) is 43.0 Å². The second kappa shape index (κ2) is 16.6. The van der Waals surface area contributed by atoms with Gasteiger partial charge in [-0.25, -0.2) is 19.6 Å². The SMILES string of the molecule is C=CC(=O)OCCCCOc1ccc(-c2ccc(-c3ncc(OCC(C)OC(=O)C(OC)(c4ccccc4)C(F)(F)F)cn3)cc2)cc1. The van der Waals surface area contributed by atoms with E-state index in [0.29, 0.717) is 25.5 Å². The predicted octanol–water partition coefficient (Wildman–Crippen LogP) is 7.11. The molecule has 48 heavy (non-hydrogen) atoms. The van der Waals surface area contributed by atoms with E-state index >= 15 is 0 Å². The smallest absolute Gasteiger partial charge is 0.432 e. The van der Waals surface area contributed by atoms with Gasteiger partial charge in [-0.3, -0.25) is 0 Å². The van der Waals surface area contributed by atoms with Crippen molar-refractivity contribution in [3.8, 4) is 34.0 Å². The van der Waals surface area contributed by atoms with Crippen molar-refractivity contribution in [1.29, 1.82) is 0 Å². The maximum absolute atomic E-state index is 14.1. The van der Waals surface area contributed by atoms with Crippen LogP contribution in [0.25, 0.3) is 22.5 Å². The number of nitrogens with zero attached hydrogens (tertiary/aromatic N) is 2. The van der Waals surface area contributed by atoms with Crippen LogP contribution in [0.3, 0.4) is 0 Å².